The zero-order valence-electron chi connectivity index (χ0n) is 17.8. The summed E-state index contributed by atoms with van der Waals surface area (Å²) in [5, 5.41) is 0.00269. The zero-order valence-corrected chi connectivity index (χ0v) is 18.7. The average molecular weight is 421 g/mol. The van der Waals surface area contributed by atoms with Gasteiger partial charge in [0, 0.05) is 26.1 Å². The minimum atomic E-state index is 0.00269. The number of hydrogen-bond donors (Lipinski definition) is 0. The summed E-state index contributed by atoms with van der Waals surface area (Å²) in [6.45, 7) is 6.50. The van der Waals surface area contributed by atoms with Crippen LogP contribution in [0.2, 0.25) is 0 Å². The molecule has 29 heavy (non-hydrogen) atoms. The predicted molar refractivity (Wildman–Crippen MR) is 115 cm³/mol. The molecule has 2 saturated heterocycles. The molecule has 160 valence electrons. The normalized spacial score (nSPS) is 20.4. The van der Waals surface area contributed by atoms with Crippen molar-refractivity contribution in [1.82, 2.24) is 9.80 Å². The Balaban J connectivity index is 1.63. The molecule has 0 unspecified atom stereocenters. The van der Waals surface area contributed by atoms with Gasteiger partial charge in [-0.3, -0.25) is 9.59 Å². The Bertz CT molecular complexity index is 732. The van der Waals surface area contributed by atoms with Gasteiger partial charge in [0.25, 0.3) is 0 Å². The van der Waals surface area contributed by atoms with Crippen molar-refractivity contribution >= 4 is 23.6 Å². The Morgan fingerprint density at radius 3 is 2.48 bits per heavy atom. The van der Waals surface area contributed by atoms with E-state index in [0.29, 0.717) is 35.5 Å². The Morgan fingerprint density at radius 2 is 1.86 bits per heavy atom. The summed E-state index contributed by atoms with van der Waals surface area (Å²) >= 11 is 1.66. The van der Waals surface area contributed by atoms with Gasteiger partial charge in [0.2, 0.25) is 11.8 Å². The minimum absolute atomic E-state index is 0.00269. The molecule has 2 aliphatic rings. The highest BCUT2D eigenvalue weighted by Gasteiger charge is 2.35. The van der Waals surface area contributed by atoms with E-state index in [-0.39, 0.29) is 17.2 Å². The number of thioether (sulfide) groups is 1. The van der Waals surface area contributed by atoms with Crippen LogP contribution in [0.5, 0.6) is 11.5 Å². The number of carbonyl (C=O) groups excluding carboxylic acids is 2. The lowest BCUT2D eigenvalue weighted by molar-refractivity contribution is -0.134. The largest absolute Gasteiger partial charge is 0.493 e. The van der Waals surface area contributed by atoms with E-state index in [1.807, 2.05) is 28.0 Å². The topological polar surface area (TPSA) is 59.1 Å². The standard InChI is InChI=1S/C22H32N2O4S/c1-15(2)11-20(25)23-9-7-16(8-10-23)13-24-21(26)14-29-22(24)17-5-6-18(27-3)19(12-17)28-4/h5-6,12,15-16,22H,7-11,13-14H2,1-4H3/t22-/m0/s1. The van der Waals surface area contributed by atoms with Crippen molar-refractivity contribution in [1.29, 1.82) is 0 Å². The lowest BCUT2D eigenvalue weighted by Gasteiger charge is -2.35. The molecule has 0 N–H and O–H groups in total. The number of nitrogens with zero attached hydrogens (tertiary/aromatic N) is 2. The highest BCUT2D eigenvalue weighted by atomic mass is 32.2. The molecule has 0 spiro atoms. The van der Waals surface area contributed by atoms with Gasteiger partial charge in [0.05, 0.1) is 20.0 Å². The van der Waals surface area contributed by atoms with Crippen molar-refractivity contribution in [3.05, 3.63) is 23.8 Å². The van der Waals surface area contributed by atoms with Gasteiger partial charge in [-0.25, -0.2) is 0 Å². The van der Waals surface area contributed by atoms with E-state index in [1.165, 1.54) is 0 Å². The number of ether oxygens (including phenoxy) is 2. The molecule has 1 aromatic rings. The maximum absolute atomic E-state index is 12.6. The van der Waals surface area contributed by atoms with Crippen LogP contribution in [0.1, 0.15) is 44.0 Å². The molecule has 2 aliphatic heterocycles. The third kappa shape index (κ3) is 5.18. The molecule has 7 heteroatoms. The molecule has 2 heterocycles. The second-order valence-corrected chi connectivity index (χ2v) is 9.31. The van der Waals surface area contributed by atoms with Crippen LogP contribution in [-0.4, -0.2) is 61.2 Å². The summed E-state index contributed by atoms with van der Waals surface area (Å²) < 4.78 is 10.8. The number of rotatable bonds is 7. The molecule has 2 fully saturated rings. The molecule has 0 bridgehead atoms. The van der Waals surface area contributed by atoms with Crippen molar-refractivity contribution in [2.75, 3.05) is 39.6 Å². The van der Waals surface area contributed by atoms with Crippen LogP contribution in [-0.2, 0) is 9.59 Å². The first-order valence-electron chi connectivity index (χ1n) is 10.3. The summed E-state index contributed by atoms with van der Waals surface area (Å²) in [6, 6.07) is 5.88. The quantitative estimate of drug-likeness (QED) is 0.675. The molecule has 1 atom stereocenters. The maximum Gasteiger partial charge on any atom is 0.233 e. The fourth-order valence-corrected chi connectivity index (χ4v) is 5.24. The smallest absolute Gasteiger partial charge is 0.233 e. The second kappa shape index (κ2) is 9.74. The van der Waals surface area contributed by atoms with Gasteiger partial charge in [-0.05, 0) is 42.4 Å². The predicted octanol–water partition coefficient (Wildman–Crippen LogP) is 3.56. The van der Waals surface area contributed by atoms with Crippen LogP contribution in [0.15, 0.2) is 18.2 Å². The fraction of sp³-hybridized carbons (Fsp3) is 0.636. The number of hydrogen-bond acceptors (Lipinski definition) is 5. The monoisotopic (exact) mass is 420 g/mol. The van der Waals surface area contributed by atoms with E-state index < -0.39 is 0 Å². The van der Waals surface area contributed by atoms with Gasteiger partial charge in [0.1, 0.15) is 5.37 Å². The summed E-state index contributed by atoms with van der Waals surface area (Å²) in [4.78, 5) is 28.9. The van der Waals surface area contributed by atoms with Gasteiger partial charge < -0.3 is 19.3 Å². The van der Waals surface area contributed by atoms with Crippen LogP contribution in [0.4, 0.5) is 0 Å². The van der Waals surface area contributed by atoms with E-state index in [4.69, 9.17) is 9.47 Å². The average Bonchev–Trinajstić information content (AvgIpc) is 3.07. The Kier molecular flexibility index (Phi) is 7.33. The first-order chi connectivity index (χ1) is 13.9. The summed E-state index contributed by atoms with van der Waals surface area (Å²) in [5.41, 5.74) is 1.06. The molecule has 0 aromatic heterocycles. The molecular weight excluding hydrogens is 388 g/mol. The van der Waals surface area contributed by atoms with Gasteiger partial charge in [-0.15, -0.1) is 11.8 Å². The summed E-state index contributed by atoms with van der Waals surface area (Å²) in [5.74, 6) is 3.15. The van der Waals surface area contributed by atoms with E-state index in [9.17, 15) is 9.59 Å². The van der Waals surface area contributed by atoms with Gasteiger partial charge >= 0.3 is 0 Å². The van der Waals surface area contributed by atoms with Crippen LogP contribution in [0.25, 0.3) is 0 Å². The van der Waals surface area contributed by atoms with E-state index in [2.05, 4.69) is 13.8 Å². The molecule has 0 saturated carbocycles. The summed E-state index contributed by atoms with van der Waals surface area (Å²) in [6.07, 6.45) is 2.53. The third-order valence-corrected chi connectivity index (χ3v) is 6.92. The molecule has 2 amide bonds. The first-order valence-corrected chi connectivity index (χ1v) is 11.4. The Labute approximate surface area is 177 Å². The van der Waals surface area contributed by atoms with Crippen LogP contribution in [0.3, 0.4) is 0 Å². The van der Waals surface area contributed by atoms with Crippen molar-refractivity contribution in [3.63, 3.8) is 0 Å². The van der Waals surface area contributed by atoms with E-state index in [0.717, 1.165) is 38.0 Å². The van der Waals surface area contributed by atoms with Crippen molar-refractivity contribution in [2.24, 2.45) is 11.8 Å². The zero-order chi connectivity index (χ0) is 21.0. The van der Waals surface area contributed by atoms with Crippen molar-refractivity contribution in [2.45, 2.75) is 38.5 Å². The molecular formula is C22H32N2O4S. The number of methoxy groups -OCH3 is 2. The molecule has 0 aliphatic carbocycles. The number of carbonyl (C=O) groups is 2. The molecule has 0 radical (unpaired) electrons. The van der Waals surface area contributed by atoms with Gasteiger partial charge in [0.15, 0.2) is 11.5 Å². The van der Waals surface area contributed by atoms with Crippen LogP contribution < -0.4 is 9.47 Å². The summed E-state index contributed by atoms with van der Waals surface area (Å²) in [7, 11) is 3.25. The van der Waals surface area contributed by atoms with Crippen LogP contribution in [0, 0.1) is 11.8 Å². The Hall–Kier alpha value is -1.89. The fourth-order valence-electron chi connectivity index (χ4n) is 4.06. The SMILES string of the molecule is COc1ccc([C@@H]2SCC(=O)N2CC2CCN(C(=O)CC(C)C)CC2)cc1OC. The number of likely N-dealkylation sites (tertiary alicyclic amines) is 1. The van der Waals surface area contributed by atoms with Crippen molar-refractivity contribution in [3.8, 4) is 11.5 Å². The lowest BCUT2D eigenvalue weighted by Crippen LogP contribution is -2.42. The molecule has 6 nitrogen and oxygen atoms in total. The maximum atomic E-state index is 12.6. The lowest BCUT2D eigenvalue weighted by atomic mass is 9.95. The second-order valence-electron chi connectivity index (χ2n) is 8.25. The molecule has 1 aromatic carbocycles. The first kappa shape index (κ1) is 21.8. The van der Waals surface area contributed by atoms with Crippen LogP contribution >= 0.6 is 11.8 Å². The minimum Gasteiger partial charge on any atom is -0.493 e. The third-order valence-electron chi connectivity index (χ3n) is 5.67. The van der Waals surface area contributed by atoms with E-state index in [1.54, 1.807) is 26.0 Å². The van der Waals surface area contributed by atoms with Gasteiger partial charge in [-0.1, -0.05) is 19.9 Å². The number of piperidine rings is 1. The van der Waals surface area contributed by atoms with E-state index >= 15 is 0 Å². The van der Waals surface area contributed by atoms with Crippen molar-refractivity contribution < 1.29 is 19.1 Å². The van der Waals surface area contributed by atoms with Gasteiger partial charge in [-0.2, -0.15) is 0 Å². The number of amides is 2. The highest BCUT2D eigenvalue weighted by molar-refractivity contribution is 8.00. The molecule has 3 rings (SSSR count). The Morgan fingerprint density at radius 1 is 1.17 bits per heavy atom. The number of benzene rings is 1. The highest BCUT2D eigenvalue weighted by Crippen LogP contribution is 2.42.